The Kier molecular flexibility index (Phi) is 4.75. The molecule has 0 saturated carbocycles. The summed E-state index contributed by atoms with van der Waals surface area (Å²) < 4.78 is 25.4. The number of carbonyl (C=O) groups excluding carboxylic acids is 1. The van der Waals surface area contributed by atoms with E-state index in [1.165, 1.54) is 6.07 Å². The van der Waals surface area contributed by atoms with Crippen LogP contribution in [0.1, 0.15) is 12.0 Å². The first kappa shape index (κ1) is 12.2. The van der Waals surface area contributed by atoms with E-state index in [1.54, 1.807) is 11.8 Å². The van der Waals surface area contributed by atoms with Crippen molar-refractivity contribution in [2.45, 2.75) is 12.8 Å². The minimum absolute atomic E-state index is 0.0513. The number of thioether (sulfide) groups is 1. The van der Waals surface area contributed by atoms with E-state index in [0.29, 0.717) is 12.0 Å². The van der Waals surface area contributed by atoms with Gasteiger partial charge in [0.25, 0.3) is 0 Å². The number of ketones is 1. The Morgan fingerprint density at radius 2 is 2.07 bits per heavy atom. The van der Waals surface area contributed by atoms with Crippen molar-refractivity contribution in [1.82, 2.24) is 0 Å². The molecule has 0 saturated heterocycles. The predicted molar refractivity (Wildman–Crippen MR) is 58.1 cm³/mol. The van der Waals surface area contributed by atoms with E-state index in [4.69, 9.17) is 0 Å². The molecule has 0 fully saturated rings. The van der Waals surface area contributed by atoms with Crippen LogP contribution >= 0.6 is 11.8 Å². The molecule has 0 N–H and O–H groups in total. The van der Waals surface area contributed by atoms with E-state index in [9.17, 15) is 13.6 Å². The molecule has 15 heavy (non-hydrogen) atoms. The Morgan fingerprint density at radius 1 is 1.33 bits per heavy atom. The number of carbonyl (C=O) groups is 1. The highest BCUT2D eigenvalue weighted by Crippen LogP contribution is 2.10. The molecule has 1 aromatic carbocycles. The van der Waals surface area contributed by atoms with Crippen molar-refractivity contribution in [2.75, 3.05) is 12.0 Å². The van der Waals surface area contributed by atoms with Gasteiger partial charge in [0.1, 0.15) is 5.78 Å². The lowest BCUT2D eigenvalue weighted by molar-refractivity contribution is -0.118. The van der Waals surface area contributed by atoms with Gasteiger partial charge in [0.05, 0.1) is 0 Å². The van der Waals surface area contributed by atoms with Crippen LogP contribution < -0.4 is 0 Å². The number of benzene rings is 1. The zero-order valence-corrected chi connectivity index (χ0v) is 9.24. The number of halogens is 2. The first-order chi connectivity index (χ1) is 7.13. The van der Waals surface area contributed by atoms with E-state index >= 15 is 0 Å². The quantitative estimate of drug-likeness (QED) is 0.773. The first-order valence-electron chi connectivity index (χ1n) is 4.58. The van der Waals surface area contributed by atoms with E-state index < -0.39 is 11.6 Å². The Hall–Kier alpha value is -0.900. The van der Waals surface area contributed by atoms with Gasteiger partial charge in [-0.05, 0) is 29.7 Å². The number of rotatable bonds is 5. The summed E-state index contributed by atoms with van der Waals surface area (Å²) in [7, 11) is 0. The third-order valence-electron chi connectivity index (χ3n) is 1.97. The maximum atomic E-state index is 12.8. The molecule has 0 radical (unpaired) electrons. The molecule has 0 unspecified atom stereocenters. The normalized spacial score (nSPS) is 10.3. The van der Waals surface area contributed by atoms with Crippen LogP contribution in [0.25, 0.3) is 0 Å². The van der Waals surface area contributed by atoms with Gasteiger partial charge in [-0.15, -0.1) is 0 Å². The maximum Gasteiger partial charge on any atom is 0.159 e. The zero-order valence-electron chi connectivity index (χ0n) is 8.43. The Labute approximate surface area is 91.9 Å². The molecule has 0 spiro atoms. The van der Waals surface area contributed by atoms with Crippen LogP contribution in [0.3, 0.4) is 0 Å². The second kappa shape index (κ2) is 5.85. The third kappa shape index (κ3) is 4.00. The second-order valence-electron chi connectivity index (χ2n) is 3.21. The lowest BCUT2D eigenvalue weighted by Gasteiger charge is -2.01. The topological polar surface area (TPSA) is 17.1 Å². The average Bonchev–Trinajstić information content (AvgIpc) is 2.20. The summed E-state index contributed by atoms with van der Waals surface area (Å²) in [6.45, 7) is 0. The van der Waals surface area contributed by atoms with E-state index in [1.807, 2.05) is 6.26 Å². The molecule has 4 heteroatoms. The van der Waals surface area contributed by atoms with Crippen molar-refractivity contribution in [3.63, 3.8) is 0 Å². The minimum Gasteiger partial charge on any atom is -0.299 e. The average molecular weight is 230 g/mol. The molecule has 0 aromatic heterocycles. The fraction of sp³-hybridized carbons (Fsp3) is 0.364. The van der Waals surface area contributed by atoms with Gasteiger partial charge in [0, 0.05) is 12.8 Å². The molecule has 82 valence electrons. The number of hydrogen-bond donors (Lipinski definition) is 0. The minimum atomic E-state index is -0.898. The third-order valence-corrected chi connectivity index (χ3v) is 2.58. The molecule has 0 heterocycles. The molecule has 0 amide bonds. The molecule has 0 aliphatic carbocycles. The monoisotopic (exact) mass is 230 g/mol. The van der Waals surface area contributed by atoms with Crippen molar-refractivity contribution < 1.29 is 13.6 Å². The Balaban J connectivity index is 2.57. The highest BCUT2D eigenvalue weighted by Gasteiger charge is 2.06. The second-order valence-corrected chi connectivity index (χ2v) is 4.19. The molecule has 0 bridgehead atoms. The van der Waals surface area contributed by atoms with E-state index in [2.05, 4.69) is 0 Å². The van der Waals surface area contributed by atoms with Crippen molar-refractivity contribution in [3.05, 3.63) is 35.4 Å². The fourth-order valence-corrected chi connectivity index (χ4v) is 1.61. The highest BCUT2D eigenvalue weighted by molar-refractivity contribution is 7.98. The SMILES string of the molecule is CSCCC(=O)Cc1ccc(F)c(F)c1. The lowest BCUT2D eigenvalue weighted by atomic mass is 10.1. The van der Waals surface area contributed by atoms with Crippen LogP contribution in [-0.2, 0) is 11.2 Å². The van der Waals surface area contributed by atoms with Crippen LogP contribution in [0, 0.1) is 11.6 Å². The van der Waals surface area contributed by atoms with Gasteiger partial charge in [-0.2, -0.15) is 11.8 Å². The lowest BCUT2D eigenvalue weighted by Crippen LogP contribution is -2.04. The largest absolute Gasteiger partial charge is 0.299 e. The van der Waals surface area contributed by atoms with Crippen LogP contribution in [0.5, 0.6) is 0 Å². The summed E-state index contributed by atoms with van der Waals surface area (Å²) in [5.74, 6) is -0.960. The van der Waals surface area contributed by atoms with Crippen molar-refractivity contribution in [2.24, 2.45) is 0 Å². The molecule has 1 rings (SSSR count). The number of hydrogen-bond acceptors (Lipinski definition) is 2. The smallest absolute Gasteiger partial charge is 0.159 e. The maximum absolute atomic E-state index is 12.8. The number of Topliss-reactive ketones (excluding diaryl/α,β-unsaturated/α-hetero) is 1. The van der Waals surface area contributed by atoms with Gasteiger partial charge in [-0.1, -0.05) is 6.07 Å². The fourth-order valence-electron chi connectivity index (χ4n) is 1.18. The summed E-state index contributed by atoms with van der Waals surface area (Å²) in [5.41, 5.74) is 0.528. The predicted octanol–water partition coefficient (Wildman–Crippen LogP) is 2.83. The van der Waals surface area contributed by atoms with Gasteiger partial charge >= 0.3 is 0 Å². The summed E-state index contributed by atoms with van der Waals surface area (Å²) in [6.07, 6.45) is 2.57. The standard InChI is InChI=1S/C11H12F2OS/c1-15-5-4-9(14)6-8-2-3-10(12)11(13)7-8/h2-3,7H,4-6H2,1H3. The highest BCUT2D eigenvalue weighted by atomic mass is 32.2. The Morgan fingerprint density at radius 3 is 2.67 bits per heavy atom. The van der Waals surface area contributed by atoms with Gasteiger partial charge in [-0.25, -0.2) is 8.78 Å². The van der Waals surface area contributed by atoms with Crippen molar-refractivity contribution in [3.8, 4) is 0 Å². The Bertz CT molecular complexity index is 352. The molecule has 1 nitrogen and oxygen atoms in total. The van der Waals surface area contributed by atoms with Crippen LogP contribution in [0.2, 0.25) is 0 Å². The van der Waals surface area contributed by atoms with Crippen LogP contribution in [0.4, 0.5) is 8.78 Å². The van der Waals surface area contributed by atoms with Crippen molar-refractivity contribution in [1.29, 1.82) is 0 Å². The van der Waals surface area contributed by atoms with Gasteiger partial charge in [-0.3, -0.25) is 4.79 Å². The summed E-state index contributed by atoms with van der Waals surface area (Å²) in [5, 5.41) is 0. The summed E-state index contributed by atoms with van der Waals surface area (Å²) in [4.78, 5) is 11.3. The van der Waals surface area contributed by atoms with E-state index in [0.717, 1.165) is 17.9 Å². The zero-order chi connectivity index (χ0) is 11.3. The summed E-state index contributed by atoms with van der Waals surface area (Å²) >= 11 is 1.59. The molecule has 1 aromatic rings. The van der Waals surface area contributed by atoms with Crippen molar-refractivity contribution >= 4 is 17.5 Å². The van der Waals surface area contributed by atoms with E-state index in [-0.39, 0.29) is 12.2 Å². The molecule has 0 aliphatic heterocycles. The summed E-state index contributed by atoms with van der Waals surface area (Å²) in [6, 6.07) is 3.56. The molecular weight excluding hydrogens is 218 g/mol. The molecule has 0 atom stereocenters. The first-order valence-corrected chi connectivity index (χ1v) is 5.97. The van der Waals surface area contributed by atoms with Gasteiger partial charge in [0.15, 0.2) is 11.6 Å². The van der Waals surface area contributed by atoms with Crippen LogP contribution in [0.15, 0.2) is 18.2 Å². The molecular formula is C11H12F2OS. The van der Waals surface area contributed by atoms with Gasteiger partial charge in [0.2, 0.25) is 0 Å². The van der Waals surface area contributed by atoms with Crippen LogP contribution in [-0.4, -0.2) is 17.8 Å². The molecule has 0 aliphatic rings. The van der Waals surface area contributed by atoms with Gasteiger partial charge < -0.3 is 0 Å².